The number of carbonyl (C=O) groups is 1. The number of carbonyl (C=O) groups excluding carboxylic acids is 1. The van der Waals surface area contributed by atoms with Crippen molar-refractivity contribution in [2.45, 2.75) is 23.9 Å². The Morgan fingerprint density at radius 2 is 2.03 bits per heavy atom. The van der Waals surface area contributed by atoms with Gasteiger partial charge in [-0.15, -0.1) is 10.2 Å². The number of nitrogens with one attached hydrogen (secondary N) is 1. The van der Waals surface area contributed by atoms with Gasteiger partial charge in [-0.05, 0) is 25.1 Å². The van der Waals surface area contributed by atoms with Crippen LogP contribution in [0.5, 0.6) is 0 Å². The molecule has 1 N–H and O–H groups in total. The molecule has 152 valence electrons. The Morgan fingerprint density at radius 1 is 1.28 bits per heavy atom. The normalized spacial score (nSPS) is 12.0. The first kappa shape index (κ1) is 21.3. The van der Waals surface area contributed by atoms with Crippen molar-refractivity contribution in [3.05, 3.63) is 59.4 Å². The minimum atomic E-state index is -0.585. The zero-order valence-corrected chi connectivity index (χ0v) is 17.5. The summed E-state index contributed by atoms with van der Waals surface area (Å²) in [4.78, 5) is 12.5. The summed E-state index contributed by atoms with van der Waals surface area (Å²) in [5.41, 5.74) is 1.00. The highest BCUT2D eigenvalue weighted by atomic mass is 35.5. The number of halogens is 2. The minimum Gasteiger partial charge on any atom is -0.383 e. The van der Waals surface area contributed by atoms with Crippen LogP contribution in [-0.4, -0.2) is 39.6 Å². The molecule has 0 spiro atoms. The maximum Gasteiger partial charge on any atom is 0.237 e. The Labute approximate surface area is 177 Å². The van der Waals surface area contributed by atoms with Gasteiger partial charge in [0, 0.05) is 17.7 Å². The van der Waals surface area contributed by atoms with Gasteiger partial charge in [-0.1, -0.05) is 53.7 Å². The molecule has 1 aromatic heterocycles. The smallest absolute Gasteiger partial charge is 0.237 e. The van der Waals surface area contributed by atoms with E-state index >= 15 is 0 Å². The molecular formula is C20H20ClFN4O2S. The van der Waals surface area contributed by atoms with Crippen molar-refractivity contribution in [3.63, 3.8) is 0 Å². The van der Waals surface area contributed by atoms with Gasteiger partial charge in [0.15, 0.2) is 11.0 Å². The number of anilines is 1. The number of hydrogen-bond donors (Lipinski definition) is 1. The van der Waals surface area contributed by atoms with Crippen LogP contribution in [0.3, 0.4) is 0 Å². The lowest BCUT2D eigenvalue weighted by molar-refractivity contribution is -0.115. The van der Waals surface area contributed by atoms with Gasteiger partial charge in [0.1, 0.15) is 5.82 Å². The highest BCUT2D eigenvalue weighted by molar-refractivity contribution is 8.00. The van der Waals surface area contributed by atoms with Crippen LogP contribution in [0.2, 0.25) is 5.02 Å². The lowest BCUT2D eigenvalue weighted by atomic mass is 10.2. The molecule has 0 aliphatic rings. The van der Waals surface area contributed by atoms with Gasteiger partial charge in [0.2, 0.25) is 5.91 Å². The molecule has 1 amide bonds. The fourth-order valence-electron chi connectivity index (χ4n) is 2.60. The molecule has 0 aliphatic carbocycles. The van der Waals surface area contributed by atoms with E-state index in [1.807, 2.05) is 34.9 Å². The summed E-state index contributed by atoms with van der Waals surface area (Å²) in [5.74, 6) is -0.238. The van der Waals surface area contributed by atoms with Crippen LogP contribution in [0.25, 0.3) is 11.4 Å². The van der Waals surface area contributed by atoms with Crippen molar-refractivity contribution in [1.82, 2.24) is 14.8 Å². The monoisotopic (exact) mass is 434 g/mol. The average Bonchev–Trinajstić information content (AvgIpc) is 3.11. The van der Waals surface area contributed by atoms with Crippen molar-refractivity contribution in [2.24, 2.45) is 0 Å². The average molecular weight is 435 g/mol. The summed E-state index contributed by atoms with van der Waals surface area (Å²) < 4.78 is 21.1. The Kier molecular flexibility index (Phi) is 7.24. The molecule has 6 nitrogen and oxygen atoms in total. The van der Waals surface area contributed by atoms with Gasteiger partial charge in [0.25, 0.3) is 0 Å². The maximum atomic E-state index is 13.9. The third-order valence-corrected chi connectivity index (χ3v) is 5.42. The summed E-state index contributed by atoms with van der Waals surface area (Å²) >= 11 is 7.00. The fraction of sp³-hybridized carbons (Fsp3) is 0.250. The first-order valence-electron chi connectivity index (χ1n) is 8.89. The summed E-state index contributed by atoms with van der Waals surface area (Å²) in [5, 5.41) is 11.4. The second kappa shape index (κ2) is 9.87. The van der Waals surface area contributed by atoms with Crippen LogP contribution >= 0.6 is 23.4 Å². The predicted octanol–water partition coefficient (Wildman–Crippen LogP) is 4.50. The summed E-state index contributed by atoms with van der Waals surface area (Å²) in [7, 11) is 1.62. The van der Waals surface area contributed by atoms with Gasteiger partial charge in [-0.25, -0.2) is 4.39 Å². The molecule has 3 rings (SSSR count). The molecule has 0 unspecified atom stereocenters. The van der Waals surface area contributed by atoms with E-state index in [0.29, 0.717) is 24.1 Å². The van der Waals surface area contributed by atoms with Gasteiger partial charge in [0.05, 0.1) is 24.1 Å². The Bertz CT molecular complexity index is 984. The zero-order valence-electron chi connectivity index (χ0n) is 15.9. The van der Waals surface area contributed by atoms with Crippen LogP contribution < -0.4 is 5.32 Å². The van der Waals surface area contributed by atoms with Crippen LogP contribution in [0.1, 0.15) is 6.92 Å². The Balaban J connectivity index is 1.77. The van der Waals surface area contributed by atoms with E-state index in [1.165, 1.54) is 23.9 Å². The molecule has 0 saturated heterocycles. The maximum absolute atomic E-state index is 13.9. The van der Waals surface area contributed by atoms with Gasteiger partial charge in [-0.2, -0.15) is 0 Å². The highest BCUT2D eigenvalue weighted by Crippen LogP contribution is 2.28. The topological polar surface area (TPSA) is 69.0 Å². The van der Waals surface area contributed by atoms with Gasteiger partial charge >= 0.3 is 0 Å². The second-order valence-electron chi connectivity index (χ2n) is 6.19. The van der Waals surface area contributed by atoms with Crippen molar-refractivity contribution < 1.29 is 13.9 Å². The van der Waals surface area contributed by atoms with Crippen molar-refractivity contribution in [2.75, 3.05) is 19.0 Å². The summed E-state index contributed by atoms with van der Waals surface area (Å²) in [6, 6.07) is 13.8. The van der Waals surface area contributed by atoms with Gasteiger partial charge in [-0.3, -0.25) is 9.36 Å². The number of amides is 1. The molecule has 3 aromatic rings. The van der Waals surface area contributed by atoms with Gasteiger partial charge < -0.3 is 10.1 Å². The number of nitrogens with zero attached hydrogens (tertiary/aromatic N) is 3. The van der Waals surface area contributed by atoms with Crippen molar-refractivity contribution in [1.29, 1.82) is 0 Å². The van der Waals surface area contributed by atoms with Crippen LogP contribution in [0, 0.1) is 5.82 Å². The number of methoxy groups -OCH3 is 1. The van der Waals surface area contributed by atoms with E-state index in [1.54, 1.807) is 14.0 Å². The van der Waals surface area contributed by atoms with E-state index in [9.17, 15) is 9.18 Å². The number of ether oxygens (including phenoxy) is 1. The zero-order chi connectivity index (χ0) is 20.8. The molecule has 0 saturated carbocycles. The van der Waals surface area contributed by atoms with E-state index < -0.39 is 11.1 Å². The first-order valence-corrected chi connectivity index (χ1v) is 10.2. The number of hydrogen-bond acceptors (Lipinski definition) is 5. The number of thioether (sulfide) groups is 1. The molecule has 29 heavy (non-hydrogen) atoms. The second-order valence-corrected chi connectivity index (χ2v) is 7.93. The van der Waals surface area contributed by atoms with Crippen LogP contribution in [-0.2, 0) is 16.1 Å². The quantitative estimate of drug-likeness (QED) is 0.528. The molecule has 0 fully saturated rings. The lowest BCUT2D eigenvalue weighted by Gasteiger charge is -2.14. The third kappa shape index (κ3) is 5.35. The third-order valence-electron chi connectivity index (χ3n) is 4.11. The molecule has 9 heteroatoms. The van der Waals surface area contributed by atoms with E-state index in [4.69, 9.17) is 16.3 Å². The highest BCUT2D eigenvalue weighted by Gasteiger charge is 2.21. The van der Waals surface area contributed by atoms with E-state index in [0.717, 1.165) is 11.6 Å². The predicted molar refractivity (Wildman–Crippen MR) is 113 cm³/mol. The van der Waals surface area contributed by atoms with E-state index in [-0.39, 0.29) is 16.6 Å². The van der Waals surface area contributed by atoms with Crippen LogP contribution in [0.4, 0.5) is 10.1 Å². The van der Waals surface area contributed by atoms with Crippen molar-refractivity contribution in [3.8, 4) is 11.4 Å². The molecule has 0 radical (unpaired) electrons. The first-order chi connectivity index (χ1) is 14.0. The molecule has 2 aromatic carbocycles. The lowest BCUT2D eigenvalue weighted by Crippen LogP contribution is -2.23. The molecule has 1 atom stereocenters. The largest absolute Gasteiger partial charge is 0.383 e. The number of benzene rings is 2. The summed E-state index contributed by atoms with van der Waals surface area (Å²) in [6.45, 7) is 2.74. The number of rotatable bonds is 8. The standard InChI is InChI=1S/C20H20ClFN4O2S/c1-13(19(27)23-17-9-8-15(21)12-16(17)22)29-20-25-24-18(26(20)10-11-28-2)14-6-4-3-5-7-14/h3-9,12-13H,10-11H2,1-2H3,(H,23,27)/t13-/m0/s1. The SMILES string of the molecule is COCCn1c(S[C@@H](C)C(=O)Nc2ccc(Cl)cc2F)nnc1-c1ccccc1. The fourth-order valence-corrected chi connectivity index (χ4v) is 3.63. The molecule has 0 aliphatic heterocycles. The molecule has 1 heterocycles. The van der Waals surface area contributed by atoms with Crippen LogP contribution in [0.15, 0.2) is 53.7 Å². The number of aromatic nitrogens is 3. The van der Waals surface area contributed by atoms with E-state index in [2.05, 4.69) is 15.5 Å². The van der Waals surface area contributed by atoms with Crippen molar-refractivity contribution >= 4 is 35.0 Å². The molecule has 0 bridgehead atoms. The summed E-state index contributed by atoms with van der Waals surface area (Å²) in [6.07, 6.45) is 0. The Hall–Kier alpha value is -2.42. The molecular weight excluding hydrogens is 415 g/mol. The minimum absolute atomic E-state index is 0.0812. The Morgan fingerprint density at radius 3 is 2.72 bits per heavy atom.